The highest BCUT2D eigenvalue weighted by atomic mass is 16.6. The van der Waals surface area contributed by atoms with E-state index in [0.29, 0.717) is 29.1 Å². The molecule has 0 fully saturated rings. The number of methoxy groups -OCH3 is 1. The SMILES string of the molecule is COC(=O)c1cc(-c2ccc(NC(C)=O)nc2)ccc1N[C@@H](C#N)[C@H](Cc1c[nH]c2ccccc12)NC(=O)OC(C)(C)C. The van der Waals surface area contributed by atoms with Gasteiger partial charge in [0.25, 0.3) is 0 Å². The van der Waals surface area contributed by atoms with E-state index >= 15 is 0 Å². The van der Waals surface area contributed by atoms with Gasteiger partial charge in [0.15, 0.2) is 0 Å². The molecule has 2 amide bonds. The number of carbonyl (C=O) groups excluding carboxylic acids is 3. The number of fused-ring (bicyclic) bond motifs is 1. The summed E-state index contributed by atoms with van der Waals surface area (Å²) in [6.45, 7) is 6.67. The van der Waals surface area contributed by atoms with Gasteiger partial charge in [-0.1, -0.05) is 24.3 Å². The molecule has 0 bridgehead atoms. The average molecular weight is 583 g/mol. The van der Waals surface area contributed by atoms with Crippen LogP contribution in [0.25, 0.3) is 22.0 Å². The molecule has 0 aliphatic rings. The zero-order chi connectivity index (χ0) is 31.1. The van der Waals surface area contributed by atoms with Crippen LogP contribution in [0.2, 0.25) is 0 Å². The predicted molar refractivity (Wildman–Crippen MR) is 164 cm³/mol. The number of aromatic nitrogens is 2. The molecule has 4 rings (SSSR count). The fraction of sp³-hybridized carbons (Fsp3) is 0.281. The molecule has 4 N–H and O–H groups in total. The van der Waals surface area contributed by atoms with Gasteiger partial charge in [-0.05, 0) is 68.7 Å². The van der Waals surface area contributed by atoms with Crippen molar-refractivity contribution in [3.05, 3.63) is 78.1 Å². The van der Waals surface area contributed by atoms with Crippen LogP contribution in [0.15, 0.2) is 67.0 Å². The molecule has 0 aliphatic carbocycles. The van der Waals surface area contributed by atoms with Gasteiger partial charge in [-0.25, -0.2) is 14.6 Å². The van der Waals surface area contributed by atoms with Crippen molar-refractivity contribution in [2.75, 3.05) is 17.7 Å². The van der Waals surface area contributed by atoms with Crippen molar-refractivity contribution in [3.8, 4) is 17.2 Å². The fourth-order valence-corrected chi connectivity index (χ4v) is 4.59. The summed E-state index contributed by atoms with van der Waals surface area (Å²) in [5, 5.41) is 19.9. The maximum Gasteiger partial charge on any atom is 0.407 e. The minimum atomic E-state index is -0.964. The molecule has 11 heteroatoms. The van der Waals surface area contributed by atoms with E-state index in [1.165, 1.54) is 14.0 Å². The highest BCUT2D eigenvalue weighted by Gasteiger charge is 2.28. The van der Waals surface area contributed by atoms with Gasteiger partial charge in [-0.15, -0.1) is 0 Å². The van der Waals surface area contributed by atoms with E-state index in [1.54, 1.807) is 57.3 Å². The number of nitriles is 1. The third-order valence-corrected chi connectivity index (χ3v) is 6.50. The number of aromatic amines is 1. The van der Waals surface area contributed by atoms with Crippen molar-refractivity contribution >= 4 is 40.4 Å². The van der Waals surface area contributed by atoms with E-state index in [-0.39, 0.29) is 11.5 Å². The monoisotopic (exact) mass is 582 g/mol. The Morgan fingerprint density at radius 1 is 1.07 bits per heavy atom. The Bertz CT molecular complexity index is 1670. The first-order valence-electron chi connectivity index (χ1n) is 13.6. The molecule has 43 heavy (non-hydrogen) atoms. The number of carbonyl (C=O) groups is 3. The van der Waals surface area contributed by atoms with Crippen LogP contribution in [-0.2, 0) is 20.7 Å². The van der Waals surface area contributed by atoms with Crippen LogP contribution in [0.5, 0.6) is 0 Å². The summed E-state index contributed by atoms with van der Waals surface area (Å²) in [5.74, 6) is -0.449. The topological polar surface area (TPSA) is 158 Å². The van der Waals surface area contributed by atoms with Crippen molar-refractivity contribution < 1.29 is 23.9 Å². The van der Waals surface area contributed by atoms with Crippen LogP contribution in [0.3, 0.4) is 0 Å². The zero-order valence-electron chi connectivity index (χ0n) is 24.6. The number of H-pyrrole nitrogens is 1. The van der Waals surface area contributed by atoms with Crippen molar-refractivity contribution in [2.24, 2.45) is 0 Å². The third kappa shape index (κ3) is 7.89. The number of esters is 1. The van der Waals surface area contributed by atoms with Crippen LogP contribution in [-0.4, -0.2) is 52.7 Å². The lowest BCUT2D eigenvalue weighted by Crippen LogP contribution is -2.49. The molecule has 2 atom stereocenters. The molecule has 11 nitrogen and oxygen atoms in total. The summed E-state index contributed by atoms with van der Waals surface area (Å²) in [5.41, 5.74) is 2.99. The van der Waals surface area contributed by atoms with Crippen molar-refractivity contribution in [3.63, 3.8) is 0 Å². The van der Waals surface area contributed by atoms with Crippen molar-refractivity contribution in [1.82, 2.24) is 15.3 Å². The van der Waals surface area contributed by atoms with Gasteiger partial charge in [0, 0.05) is 41.5 Å². The molecular weight excluding hydrogens is 548 g/mol. The van der Waals surface area contributed by atoms with Gasteiger partial charge in [0.05, 0.1) is 24.8 Å². The Balaban J connectivity index is 1.66. The van der Waals surface area contributed by atoms with Crippen LogP contribution in [0.1, 0.15) is 43.6 Å². The fourth-order valence-electron chi connectivity index (χ4n) is 4.59. The van der Waals surface area contributed by atoms with Gasteiger partial charge in [0.2, 0.25) is 5.91 Å². The van der Waals surface area contributed by atoms with Gasteiger partial charge in [0.1, 0.15) is 17.5 Å². The molecule has 2 heterocycles. The number of nitrogens with zero attached hydrogens (tertiary/aromatic N) is 2. The normalized spacial score (nSPS) is 12.5. The number of amides is 2. The molecule has 2 aromatic carbocycles. The molecule has 222 valence electrons. The molecule has 2 aromatic heterocycles. The summed E-state index contributed by atoms with van der Waals surface area (Å²) < 4.78 is 10.5. The summed E-state index contributed by atoms with van der Waals surface area (Å²) >= 11 is 0. The smallest absolute Gasteiger partial charge is 0.407 e. The Kier molecular flexibility index (Phi) is 9.30. The first-order valence-corrected chi connectivity index (χ1v) is 13.6. The van der Waals surface area contributed by atoms with E-state index in [4.69, 9.17) is 9.47 Å². The molecule has 0 unspecified atom stereocenters. The van der Waals surface area contributed by atoms with Gasteiger partial charge < -0.3 is 30.4 Å². The quantitative estimate of drug-likeness (QED) is 0.191. The van der Waals surface area contributed by atoms with Gasteiger partial charge in [-0.2, -0.15) is 5.26 Å². The first-order chi connectivity index (χ1) is 20.5. The highest BCUT2D eigenvalue weighted by molar-refractivity contribution is 5.97. The molecule has 4 aromatic rings. The number of nitrogens with one attached hydrogen (secondary N) is 4. The molecule has 0 radical (unpaired) electrons. The third-order valence-electron chi connectivity index (χ3n) is 6.50. The lowest BCUT2D eigenvalue weighted by molar-refractivity contribution is -0.114. The molecule has 0 spiro atoms. The van der Waals surface area contributed by atoms with E-state index in [1.807, 2.05) is 30.5 Å². The summed E-state index contributed by atoms with van der Waals surface area (Å²) in [4.78, 5) is 44.5. The number of benzene rings is 2. The number of ether oxygens (including phenoxy) is 2. The predicted octanol–water partition coefficient (Wildman–Crippen LogP) is 5.41. The number of alkyl carbamates (subject to hydrolysis) is 1. The molecule has 0 saturated carbocycles. The van der Waals surface area contributed by atoms with E-state index < -0.39 is 29.7 Å². The highest BCUT2D eigenvalue weighted by Crippen LogP contribution is 2.28. The summed E-state index contributed by atoms with van der Waals surface area (Å²) in [6, 6.07) is 16.8. The summed E-state index contributed by atoms with van der Waals surface area (Å²) in [7, 11) is 1.27. The van der Waals surface area contributed by atoms with Crippen molar-refractivity contribution in [1.29, 1.82) is 5.26 Å². The van der Waals surface area contributed by atoms with E-state index in [2.05, 4.69) is 32.0 Å². The number of rotatable bonds is 9. The maximum absolute atomic E-state index is 12.9. The van der Waals surface area contributed by atoms with Gasteiger partial charge >= 0.3 is 12.1 Å². The number of hydrogen-bond donors (Lipinski definition) is 4. The Labute approximate surface area is 249 Å². The number of anilines is 2. The average Bonchev–Trinajstić information content (AvgIpc) is 3.37. The number of hydrogen-bond acceptors (Lipinski definition) is 8. The Hall–Kier alpha value is -5.37. The Morgan fingerprint density at radius 2 is 1.81 bits per heavy atom. The maximum atomic E-state index is 12.9. The first kappa shape index (κ1) is 30.6. The second-order valence-corrected chi connectivity index (χ2v) is 10.9. The lowest BCUT2D eigenvalue weighted by atomic mass is 9.98. The second kappa shape index (κ2) is 13.1. The standard InChI is InChI=1S/C32H34N6O5/c1-19(39)36-29-13-11-21(17-35-29)20-10-12-26(24(14-20)30(40)42-5)37-28(16-33)27(38-31(41)43-32(2,3)4)15-22-18-34-25-9-7-6-8-23(22)25/h6-14,17-18,27-28,34,37H,15H2,1-5H3,(H,38,41)(H,35,36,39)/t27-,28-/m0/s1. The number of para-hydroxylation sites is 1. The molecule has 0 aliphatic heterocycles. The minimum absolute atomic E-state index is 0.189. The van der Waals surface area contributed by atoms with Crippen LogP contribution in [0, 0.1) is 11.3 Å². The minimum Gasteiger partial charge on any atom is -0.465 e. The Morgan fingerprint density at radius 3 is 2.47 bits per heavy atom. The number of pyridine rings is 1. The van der Waals surface area contributed by atoms with Crippen molar-refractivity contribution in [2.45, 2.75) is 51.8 Å². The van der Waals surface area contributed by atoms with Gasteiger partial charge in [-0.3, -0.25) is 4.79 Å². The van der Waals surface area contributed by atoms with E-state index in [9.17, 15) is 19.6 Å². The lowest BCUT2D eigenvalue weighted by Gasteiger charge is -2.27. The molecule has 0 saturated heterocycles. The summed E-state index contributed by atoms with van der Waals surface area (Å²) in [6.07, 6.45) is 3.06. The van der Waals surface area contributed by atoms with Crippen LogP contribution in [0.4, 0.5) is 16.3 Å². The van der Waals surface area contributed by atoms with E-state index in [0.717, 1.165) is 16.5 Å². The van der Waals surface area contributed by atoms with Crippen LogP contribution < -0.4 is 16.0 Å². The zero-order valence-corrected chi connectivity index (χ0v) is 24.6. The largest absolute Gasteiger partial charge is 0.465 e. The van der Waals surface area contributed by atoms with Crippen LogP contribution >= 0.6 is 0 Å². The second-order valence-electron chi connectivity index (χ2n) is 10.9. The molecular formula is C32H34N6O5.